The Morgan fingerprint density at radius 3 is 2.42 bits per heavy atom. The fourth-order valence-corrected chi connectivity index (χ4v) is 4.53. The number of carbonyl (C=O) groups is 1. The summed E-state index contributed by atoms with van der Waals surface area (Å²) in [5.74, 6) is 0.0453. The van der Waals surface area contributed by atoms with Gasteiger partial charge in [0.15, 0.2) is 11.5 Å². The molecule has 0 heterocycles. The zero-order valence-electron chi connectivity index (χ0n) is 18.3. The van der Waals surface area contributed by atoms with Crippen molar-refractivity contribution in [1.82, 2.24) is 4.72 Å². The minimum Gasteiger partial charge on any atom is -0.493 e. The molecule has 0 saturated carbocycles. The third-order valence-electron chi connectivity index (χ3n) is 4.79. The summed E-state index contributed by atoms with van der Waals surface area (Å²) in [5.41, 5.74) is 1.24. The van der Waals surface area contributed by atoms with Crippen LogP contribution in [0.5, 0.6) is 11.5 Å². The normalized spacial score (nSPS) is 12.3. The molecule has 0 aliphatic carbocycles. The van der Waals surface area contributed by atoms with Gasteiger partial charge in [0.1, 0.15) is 0 Å². The van der Waals surface area contributed by atoms with Crippen molar-refractivity contribution in [2.24, 2.45) is 0 Å². The van der Waals surface area contributed by atoms with Gasteiger partial charge in [-0.2, -0.15) is 0 Å². The summed E-state index contributed by atoms with van der Waals surface area (Å²) < 4.78 is 38.2. The minimum atomic E-state index is -3.80. The Morgan fingerprint density at radius 1 is 1.10 bits per heavy atom. The van der Waals surface area contributed by atoms with Crippen LogP contribution < -0.4 is 19.5 Å². The Bertz CT molecular complexity index is 1010. The molecule has 2 aromatic rings. The van der Waals surface area contributed by atoms with Crippen LogP contribution in [0, 0.1) is 0 Å². The third-order valence-corrected chi connectivity index (χ3v) is 6.37. The van der Waals surface area contributed by atoms with E-state index >= 15 is 0 Å². The van der Waals surface area contributed by atoms with E-state index in [4.69, 9.17) is 9.47 Å². The lowest BCUT2D eigenvalue weighted by Crippen LogP contribution is -2.32. The van der Waals surface area contributed by atoms with Crippen LogP contribution in [0.4, 0.5) is 5.69 Å². The van der Waals surface area contributed by atoms with Gasteiger partial charge in [-0.25, -0.2) is 17.9 Å². The van der Waals surface area contributed by atoms with Crippen molar-refractivity contribution in [2.75, 3.05) is 26.1 Å². The van der Waals surface area contributed by atoms with E-state index < -0.39 is 16.0 Å². The SMILES string of the molecule is CCCC(C)NS(=O)(=O)c1ccc(NCCc2ccc(OC)c(OC)c2)c(C(=O)O)c1. The predicted octanol–water partition coefficient (Wildman–Crippen LogP) is 3.52. The highest BCUT2D eigenvalue weighted by atomic mass is 32.2. The van der Waals surface area contributed by atoms with Gasteiger partial charge in [0, 0.05) is 18.3 Å². The molecule has 0 saturated heterocycles. The average molecular weight is 451 g/mol. The number of rotatable bonds is 12. The van der Waals surface area contributed by atoms with E-state index in [1.165, 1.54) is 18.2 Å². The van der Waals surface area contributed by atoms with Gasteiger partial charge in [-0.05, 0) is 55.7 Å². The maximum atomic E-state index is 12.6. The topological polar surface area (TPSA) is 114 Å². The molecule has 0 fully saturated rings. The summed E-state index contributed by atoms with van der Waals surface area (Å²) >= 11 is 0. The lowest BCUT2D eigenvalue weighted by atomic mass is 10.1. The molecular formula is C22H30N2O6S. The summed E-state index contributed by atoms with van der Waals surface area (Å²) in [5, 5.41) is 12.7. The summed E-state index contributed by atoms with van der Waals surface area (Å²) in [6.07, 6.45) is 2.14. The predicted molar refractivity (Wildman–Crippen MR) is 120 cm³/mol. The summed E-state index contributed by atoms with van der Waals surface area (Å²) in [6.45, 7) is 4.20. The number of aromatic carboxylic acids is 1. The number of hydrogen-bond acceptors (Lipinski definition) is 6. The van der Waals surface area contributed by atoms with Crippen LogP contribution in [0.25, 0.3) is 0 Å². The first-order valence-electron chi connectivity index (χ1n) is 10.1. The average Bonchev–Trinajstić information content (AvgIpc) is 2.73. The summed E-state index contributed by atoms with van der Waals surface area (Å²) in [7, 11) is -0.671. The molecule has 0 amide bonds. The number of carboxylic acids is 1. The zero-order valence-corrected chi connectivity index (χ0v) is 19.1. The Morgan fingerprint density at radius 2 is 1.81 bits per heavy atom. The largest absolute Gasteiger partial charge is 0.493 e. The molecule has 1 atom stereocenters. The molecular weight excluding hydrogens is 420 g/mol. The number of anilines is 1. The molecule has 0 aliphatic heterocycles. The molecule has 170 valence electrons. The van der Waals surface area contributed by atoms with Crippen molar-refractivity contribution in [2.45, 2.75) is 44.0 Å². The summed E-state index contributed by atoms with van der Waals surface area (Å²) in [6, 6.07) is 9.41. The van der Waals surface area contributed by atoms with Gasteiger partial charge >= 0.3 is 5.97 Å². The van der Waals surface area contributed by atoms with Gasteiger partial charge in [-0.3, -0.25) is 0 Å². The van der Waals surface area contributed by atoms with E-state index in [-0.39, 0.29) is 16.5 Å². The molecule has 1 unspecified atom stereocenters. The first-order valence-corrected chi connectivity index (χ1v) is 11.5. The Kier molecular flexibility index (Phi) is 8.70. The van der Waals surface area contributed by atoms with Crippen molar-refractivity contribution >= 4 is 21.7 Å². The molecule has 8 nitrogen and oxygen atoms in total. The van der Waals surface area contributed by atoms with E-state index in [1.807, 2.05) is 25.1 Å². The first-order chi connectivity index (χ1) is 14.7. The van der Waals surface area contributed by atoms with Crippen molar-refractivity contribution in [3.05, 3.63) is 47.5 Å². The molecule has 2 rings (SSSR count). The van der Waals surface area contributed by atoms with Gasteiger partial charge in [0.25, 0.3) is 0 Å². The molecule has 0 aliphatic rings. The Balaban J connectivity index is 2.14. The van der Waals surface area contributed by atoms with E-state index in [0.717, 1.165) is 12.0 Å². The minimum absolute atomic E-state index is 0.0710. The fourth-order valence-electron chi connectivity index (χ4n) is 3.22. The van der Waals surface area contributed by atoms with Crippen LogP contribution in [-0.2, 0) is 16.4 Å². The van der Waals surface area contributed by atoms with E-state index in [2.05, 4.69) is 10.0 Å². The van der Waals surface area contributed by atoms with Gasteiger partial charge in [0.05, 0.1) is 24.7 Å². The quantitative estimate of drug-likeness (QED) is 0.453. The lowest BCUT2D eigenvalue weighted by Gasteiger charge is -2.15. The number of sulfonamides is 1. The van der Waals surface area contributed by atoms with Crippen molar-refractivity contribution in [1.29, 1.82) is 0 Å². The van der Waals surface area contributed by atoms with Gasteiger partial charge < -0.3 is 19.9 Å². The Labute approximate surface area is 183 Å². The highest BCUT2D eigenvalue weighted by molar-refractivity contribution is 7.89. The third kappa shape index (κ3) is 6.60. The highest BCUT2D eigenvalue weighted by Crippen LogP contribution is 2.28. The van der Waals surface area contributed by atoms with Gasteiger partial charge in [-0.1, -0.05) is 19.4 Å². The molecule has 0 bridgehead atoms. The van der Waals surface area contributed by atoms with Crippen LogP contribution in [0.3, 0.4) is 0 Å². The van der Waals surface area contributed by atoms with Gasteiger partial charge in [-0.15, -0.1) is 0 Å². The van der Waals surface area contributed by atoms with E-state index in [0.29, 0.717) is 36.6 Å². The molecule has 31 heavy (non-hydrogen) atoms. The highest BCUT2D eigenvalue weighted by Gasteiger charge is 2.20. The van der Waals surface area contributed by atoms with Crippen LogP contribution in [-0.4, -0.2) is 46.3 Å². The number of hydrogen-bond donors (Lipinski definition) is 3. The lowest BCUT2D eigenvalue weighted by molar-refractivity contribution is 0.0697. The molecule has 0 aromatic heterocycles. The number of benzene rings is 2. The standard InChI is InChI=1S/C22H30N2O6S/c1-5-6-15(2)24-31(27,28)17-8-9-19(18(14-17)22(25)26)23-12-11-16-7-10-20(29-3)21(13-16)30-4/h7-10,13-15,23-24H,5-6,11-12H2,1-4H3,(H,25,26). The smallest absolute Gasteiger partial charge is 0.337 e. The fraction of sp³-hybridized carbons (Fsp3) is 0.409. The van der Waals surface area contributed by atoms with Crippen LogP contribution >= 0.6 is 0 Å². The summed E-state index contributed by atoms with van der Waals surface area (Å²) in [4.78, 5) is 11.7. The maximum Gasteiger partial charge on any atom is 0.337 e. The number of carboxylic acid groups (broad SMARTS) is 1. The second-order valence-electron chi connectivity index (χ2n) is 7.19. The number of ether oxygens (including phenoxy) is 2. The van der Waals surface area contributed by atoms with E-state index in [9.17, 15) is 18.3 Å². The molecule has 0 radical (unpaired) electrons. The van der Waals surface area contributed by atoms with Crippen LogP contribution in [0.15, 0.2) is 41.3 Å². The van der Waals surface area contributed by atoms with E-state index in [1.54, 1.807) is 21.1 Å². The molecule has 2 aromatic carbocycles. The van der Waals surface area contributed by atoms with Crippen molar-refractivity contribution < 1.29 is 27.8 Å². The zero-order chi connectivity index (χ0) is 23.0. The second-order valence-corrected chi connectivity index (χ2v) is 8.90. The molecule has 9 heteroatoms. The molecule has 3 N–H and O–H groups in total. The number of methoxy groups -OCH3 is 2. The van der Waals surface area contributed by atoms with Gasteiger partial charge in [0.2, 0.25) is 10.0 Å². The Hall–Kier alpha value is -2.78. The monoisotopic (exact) mass is 450 g/mol. The second kappa shape index (κ2) is 11.0. The van der Waals surface area contributed by atoms with Crippen molar-refractivity contribution in [3.63, 3.8) is 0 Å². The van der Waals surface area contributed by atoms with Crippen molar-refractivity contribution in [3.8, 4) is 11.5 Å². The number of nitrogens with one attached hydrogen (secondary N) is 2. The molecule has 0 spiro atoms. The van der Waals surface area contributed by atoms with Crippen LogP contribution in [0.1, 0.15) is 42.6 Å². The maximum absolute atomic E-state index is 12.6. The first kappa shape index (κ1) is 24.5. The van der Waals surface area contributed by atoms with Crippen LogP contribution in [0.2, 0.25) is 0 Å².